The number of hydrogen-bond donors (Lipinski definition) is 0. The van der Waals surface area contributed by atoms with Gasteiger partial charge in [-0.1, -0.05) is 19.8 Å². The zero-order valence-corrected chi connectivity index (χ0v) is 8.31. The van der Waals surface area contributed by atoms with Gasteiger partial charge in [0.1, 0.15) is 5.78 Å². The van der Waals surface area contributed by atoms with Gasteiger partial charge in [-0.05, 0) is 38.5 Å². The van der Waals surface area contributed by atoms with Gasteiger partial charge in [-0.15, -0.1) is 0 Å². The molecule has 0 amide bonds. The zero-order valence-electron chi connectivity index (χ0n) is 8.31. The van der Waals surface area contributed by atoms with Crippen LogP contribution in [0.5, 0.6) is 0 Å². The van der Waals surface area contributed by atoms with Crippen molar-refractivity contribution in [3.05, 3.63) is 0 Å². The van der Waals surface area contributed by atoms with E-state index >= 15 is 0 Å². The predicted octanol–water partition coefficient (Wildman–Crippen LogP) is 3.18. The van der Waals surface area contributed by atoms with Crippen molar-refractivity contribution >= 4 is 5.78 Å². The Hall–Kier alpha value is -0.330. The molecular weight excluding hydrogens is 148 g/mol. The molecule has 1 fully saturated rings. The zero-order chi connectivity index (χ0) is 8.97. The lowest BCUT2D eigenvalue weighted by Crippen LogP contribution is -2.19. The quantitative estimate of drug-likeness (QED) is 0.632. The molecule has 0 N–H and O–H groups in total. The third-order valence-corrected chi connectivity index (χ3v) is 3.12. The van der Waals surface area contributed by atoms with E-state index in [1.54, 1.807) is 6.92 Å². The number of ketones is 1. The third-order valence-electron chi connectivity index (χ3n) is 3.12. The van der Waals surface area contributed by atoms with Crippen molar-refractivity contribution in [1.82, 2.24) is 0 Å². The van der Waals surface area contributed by atoms with Crippen molar-refractivity contribution < 1.29 is 4.79 Å². The largest absolute Gasteiger partial charge is 0.300 e. The van der Waals surface area contributed by atoms with Crippen LogP contribution in [-0.4, -0.2) is 5.78 Å². The van der Waals surface area contributed by atoms with E-state index in [9.17, 15) is 4.79 Å². The van der Waals surface area contributed by atoms with Gasteiger partial charge >= 0.3 is 0 Å². The first-order valence-electron chi connectivity index (χ1n) is 5.24. The molecule has 12 heavy (non-hydrogen) atoms. The Balaban J connectivity index is 2.25. The molecular formula is C11H20O. The molecule has 0 aromatic rings. The molecule has 0 radical (unpaired) electrons. The normalized spacial score (nSPS) is 30.2. The van der Waals surface area contributed by atoms with Gasteiger partial charge in [0.25, 0.3) is 0 Å². The van der Waals surface area contributed by atoms with Crippen molar-refractivity contribution in [2.75, 3.05) is 0 Å². The average Bonchev–Trinajstić information content (AvgIpc) is 2.06. The molecule has 1 aliphatic carbocycles. The molecule has 1 nitrogen and oxygen atoms in total. The van der Waals surface area contributed by atoms with Crippen LogP contribution in [0.2, 0.25) is 0 Å². The van der Waals surface area contributed by atoms with Crippen LogP contribution in [0, 0.1) is 11.8 Å². The summed E-state index contributed by atoms with van der Waals surface area (Å²) in [5.41, 5.74) is 0. The van der Waals surface area contributed by atoms with Crippen LogP contribution in [0.15, 0.2) is 0 Å². The van der Waals surface area contributed by atoms with E-state index in [1.807, 2.05) is 0 Å². The molecule has 1 heteroatoms. The summed E-state index contributed by atoms with van der Waals surface area (Å²) < 4.78 is 0. The Kier molecular flexibility index (Phi) is 3.77. The Morgan fingerprint density at radius 1 is 1.25 bits per heavy atom. The first-order chi connectivity index (χ1) is 5.74. The SMILES string of the molecule is CCCC1CCC(C(C)=O)CC1. The van der Waals surface area contributed by atoms with E-state index in [0.29, 0.717) is 11.7 Å². The molecule has 0 spiro atoms. The molecule has 0 heterocycles. The van der Waals surface area contributed by atoms with Gasteiger partial charge in [-0.3, -0.25) is 4.79 Å². The molecule has 0 aromatic heterocycles. The highest BCUT2D eigenvalue weighted by Crippen LogP contribution is 2.31. The van der Waals surface area contributed by atoms with Gasteiger partial charge in [0.05, 0.1) is 0 Å². The van der Waals surface area contributed by atoms with Gasteiger partial charge in [0, 0.05) is 5.92 Å². The number of carbonyl (C=O) groups excluding carboxylic acids is 1. The van der Waals surface area contributed by atoms with Crippen LogP contribution in [0.1, 0.15) is 52.4 Å². The van der Waals surface area contributed by atoms with Crippen LogP contribution in [-0.2, 0) is 4.79 Å². The molecule has 1 rings (SSSR count). The van der Waals surface area contributed by atoms with E-state index in [4.69, 9.17) is 0 Å². The summed E-state index contributed by atoms with van der Waals surface area (Å²) in [6, 6.07) is 0. The van der Waals surface area contributed by atoms with Gasteiger partial charge < -0.3 is 0 Å². The highest BCUT2D eigenvalue weighted by molar-refractivity contribution is 5.78. The molecule has 0 aromatic carbocycles. The van der Waals surface area contributed by atoms with Crippen LogP contribution in [0.4, 0.5) is 0 Å². The second-order valence-corrected chi connectivity index (χ2v) is 4.12. The van der Waals surface area contributed by atoms with E-state index in [-0.39, 0.29) is 0 Å². The van der Waals surface area contributed by atoms with Crippen LogP contribution >= 0.6 is 0 Å². The van der Waals surface area contributed by atoms with E-state index in [0.717, 1.165) is 18.8 Å². The fourth-order valence-corrected chi connectivity index (χ4v) is 2.27. The van der Waals surface area contributed by atoms with Crippen molar-refractivity contribution in [3.63, 3.8) is 0 Å². The number of rotatable bonds is 3. The molecule has 0 aliphatic heterocycles. The van der Waals surface area contributed by atoms with Crippen LogP contribution in [0.25, 0.3) is 0 Å². The molecule has 0 unspecified atom stereocenters. The summed E-state index contributed by atoms with van der Waals surface area (Å²) in [6.45, 7) is 3.99. The van der Waals surface area contributed by atoms with Gasteiger partial charge in [-0.25, -0.2) is 0 Å². The first kappa shape index (κ1) is 9.76. The molecule has 70 valence electrons. The minimum absolute atomic E-state index is 0.401. The smallest absolute Gasteiger partial charge is 0.132 e. The second-order valence-electron chi connectivity index (χ2n) is 4.12. The third kappa shape index (κ3) is 2.62. The Labute approximate surface area is 75.5 Å². The standard InChI is InChI=1S/C11H20O/c1-3-4-10-5-7-11(8-6-10)9(2)12/h10-11H,3-8H2,1-2H3. The second kappa shape index (κ2) is 4.64. The van der Waals surface area contributed by atoms with Crippen LogP contribution < -0.4 is 0 Å². The average molecular weight is 168 g/mol. The summed E-state index contributed by atoms with van der Waals surface area (Å²) >= 11 is 0. The maximum atomic E-state index is 11.1. The van der Waals surface area contributed by atoms with Crippen molar-refractivity contribution in [3.8, 4) is 0 Å². The van der Waals surface area contributed by atoms with Gasteiger partial charge in [0.15, 0.2) is 0 Å². The lowest BCUT2D eigenvalue weighted by Gasteiger charge is -2.26. The van der Waals surface area contributed by atoms with E-state index < -0.39 is 0 Å². The lowest BCUT2D eigenvalue weighted by molar-refractivity contribution is -0.121. The fourth-order valence-electron chi connectivity index (χ4n) is 2.27. The molecule has 1 saturated carbocycles. The number of Topliss-reactive ketones (excluding diaryl/α,β-unsaturated/α-hetero) is 1. The summed E-state index contributed by atoms with van der Waals surface area (Å²) in [7, 11) is 0. The van der Waals surface area contributed by atoms with E-state index in [2.05, 4.69) is 6.92 Å². The van der Waals surface area contributed by atoms with Gasteiger partial charge in [0.2, 0.25) is 0 Å². The Morgan fingerprint density at radius 3 is 2.25 bits per heavy atom. The summed E-state index contributed by atoms with van der Waals surface area (Å²) in [5.74, 6) is 1.73. The highest BCUT2D eigenvalue weighted by atomic mass is 16.1. The molecule has 0 saturated heterocycles. The number of carbonyl (C=O) groups is 1. The minimum Gasteiger partial charge on any atom is -0.300 e. The molecule has 0 bridgehead atoms. The molecule has 0 atom stereocenters. The fraction of sp³-hybridized carbons (Fsp3) is 0.909. The maximum absolute atomic E-state index is 11.1. The Bertz CT molecular complexity index is 143. The summed E-state index contributed by atoms with van der Waals surface area (Å²) in [6.07, 6.45) is 7.55. The molecule has 1 aliphatic rings. The van der Waals surface area contributed by atoms with Crippen molar-refractivity contribution in [2.24, 2.45) is 11.8 Å². The highest BCUT2D eigenvalue weighted by Gasteiger charge is 2.22. The predicted molar refractivity (Wildman–Crippen MR) is 51.0 cm³/mol. The minimum atomic E-state index is 0.401. The first-order valence-corrected chi connectivity index (χ1v) is 5.24. The maximum Gasteiger partial charge on any atom is 0.132 e. The summed E-state index contributed by atoms with van der Waals surface area (Å²) in [5, 5.41) is 0. The van der Waals surface area contributed by atoms with Crippen molar-refractivity contribution in [2.45, 2.75) is 52.4 Å². The monoisotopic (exact) mass is 168 g/mol. The van der Waals surface area contributed by atoms with E-state index in [1.165, 1.54) is 25.7 Å². The van der Waals surface area contributed by atoms with Gasteiger partial charge in [-0.2, -0.15) is 0 Å². The van der Waals surface area contributed by atoms with Crippen molar-refractivity contribution in [1.29, 1.82) is 0 Å². The number of hydrogen-bond acceptors (Lipinski definition) is 1. The Morgan fingerprint density at radius 2 is 1.83 bits per heavy atom. The topological polar surface area (TPSA) is 17.1 Å². The van der Waals surface area contributed by atoms with Crippen LogP contribution in [0.3, 0.4) is 0 Å². The lowest BCUT2D eigenvalue weighted by atomic mass is 9.79. The summed E-state index contributed by atoms with van der Waals surface area (Å²) in [4.78, 5) is 11.1.